The van der Waals surface area contributed by atoms with Gasteiger partial charge in [-0.15, -0.1) is 0 Å². The van der Waals surface area contributed by atoms with Gasteiger partial charge >= 0.3 is 12.0 Å². The van der Waals surface area contributed by atoms with Crippen molar-refractivity contribution < 1.29 is 24.5 Å². The first kappa shape index (κ1) is 15.7. The number of carboxylic acids is 1. The maximum absolute atomic E-state index is 11.5. The van der Waals surface area contributed by atoms with Crippen LogP contribution in [0.1, 0.15) is 33.1 Å². The second-order valence-electron chi connectivity index (χ2n) is 5.14. The molecular formula is C12H22N2O5. The number of amides is 2. The van der Waals surface area contributed by atoms with Crippen LogP contribution in [0.3, 0.4) is 0 Å². The molecule has 1 atom stereocenters. The number of hydrogen-bond donors (Lipinski definition) is 4. The number of aliphatic hydroxyl groups is 1. The molecule has 0 spiro atoms. The van der Waals surface area contributed by atoms with Crippen molar-refractivity contribution in [3.63, 3.8) is 0 Å². The zero-order valence-electron chi connectivity index (χ0n) is 11.3. The van der Waals surface area contributed by atoms with E-state index in [1.807, 2.05) is 6.92 Å². The van der Waals surface area contributed by atoms with Crippen LogP contribution in [0, 0.1) is 0 Å². The summed E-state index contributed by atoms with van der Waals surface area (Å²) in [6.07, 6.45) is 1.37. The highest BCUT2D eigenvalue weighted by molar-refractivity contribution is 5.74. The van der Waals surface area contributed by atoms with Crippen LogP contribution in [-0.2, 0) is 9.53 Å². The topological polar surface area (TPSA) is 108 Å². The number of hydrogen-bond acceptors (Lipinski definition) is 4. The van der Waals surface area contributed by atoms with Crippen LogP contribution in [0.15, 0.2) is 0 Å². The second-order valence-corrected chi connectivity index (χ2v) is 5.14. The van der Waals surface area contributed by atoms with Gasteiger partial charge in [0.05, 0.1) is 18.1 Å². The fourth-order valence-corrected chi connectivity index (χ4v) is 1.95. The average Bonchev–Trinajstić information content (AvgIpc) is 2.22. The van der Waals surface area contributed by atoms with Crippen LogP contribution in [0.5, 0.6) is 0 Å². The molecule has 1 fully saturated rings. The highest BCUT2D eigenvalue weighted by Crippen LogP contribution is 2.22. The SMILES string of the molecule is CCOC1CC(NC(=O)NCC(C)(O)CC(=O)O)C1. The fraction of sp³-hybridized carbons (Fsp3) is 0.833. The molecule has 0 aromatic carbocycles. The fourth-order valence-electron chi connectivity index (χ4n) is 1.95. The number of rotatable bonds is 7. The van der Waals surface area contributed by atoms with Crippen molar-refractivity contribution in [2.75, 3.05) is 13.2 Å². The van der Waals surface area contributed by atoms with Crippen molar-refractivity contribution in [2.24, 2.45) is 0 Å². The molecule has 1 aliphatic carbocycles. The molecule has 1 rings (SSSR count). The van der Waals surface area contributed by atoms with Gasteiger partial charge in [-0.3, -0.25) is 4.79 Å². The van der Waals surface area contributed by atoms with E-state index in [2.05, 4.69) is 10.6 Å². The number of urea groups is 1. The number of carbonyl (C=O) groups excluding carboxylic acids is 1. The summed E-state index contributed by atoms with van der Waals surface area (Å²) in [6.45, 7) is 3.86. The maximum atomic E-state index is 11.5. The molecule has 7 heteroatoms. The summed E-state index contributed by atoms with van der Waals surface area (Å²) in [6, 6.07) is -0.313. The molecule has 0 aromatic heterocycles. The van der Waals surface area contributed by atoms with E-state index in [-0.39, 0.29) is 18.7 Å². The summed E-state index contributed by atoms with van der Waals surface area (Å²) in [5.74, 6) is -1.11. The highest BCUT2D eigenvalue weighted by Gasteiger charge is 2.31. The summed E-state index contributed by atoms with van der Waals surface area (Å²) in [5.41, 5.74) is -1.45. The van der Waals surface area contributed by atoms with Crippen LogP contribution in [0.2, 0.25) is 0 Å². The molecule has 4 N–H and O–H groups in total. The molecular weight excluding hydrogens is 252 g/mol. The van der Waals surface area contributed by atoms with E-state index in [9.17, 15) is 14.7 Å². The van der Waals surface area contributed by atoms with E-state index in [0.717, 1.165) is 12.8 Å². The number of ether oxygens (including phenoxy) is 1. The second kappa shape index (κ2) is 6.72. The molecule has 19 heavy (non-hydrogen) atoms. The normalized spacial score (nSPS) is 25.0. The van der Waals surface area contributed by atoms with E-state index < -0.39 is 24.0 Å². The summed E-state index contributed by atoms with van der Waals surface area (Å²) < 4.78 is 5.37. The van der Waals surface area contributed by atoms with Gasteiger partial charge in [0.15, 0.2) is 0 Å². The first-order chi connectivity index (χ1) is 8.82. The minimum absolute atomic E-state index is 0.0842. The molecule has 1 aliphatic rings. The molecule has 0 bridgehead atoms. The standard InChI is InChI=1S/C12H22N2O5/c1-3-19-9-4-8(5-9)14-11(17)13-7-12(2,18)6-10(15)16/h8-9,18H,3-7H2,1-2H3,(H,15,16)(H2,13,14,17). The third kappa shape index (κ3) is 5.89. The molecule has 2 amide bonds. The Morgan fingerprint density at radius 3 is 2.58 bits per heavy atom. The molecule has 0 aliphatic heterocycles. The van der Waals surface area contributed by atoms with Crippen LogP contribution >= 0.6 is 0 Å². The number of carboxylic acid groups (broad SMARTS) is 1. The Bertz CT molecular complexity index is 326. The monoisotopic (exact) mass is 274 g/mol. The maximum Gasteiger partial charge on any atom is 0.315 e. The van der Waals surface area contributed by atoms with Crippen molar-refractivity contribution in [2.45, 2.75) is 50.9 Å². The summed E-state index contributed by atoms with van der Waals surface area (Å²) in [5, 5.41) is 23.5. The quantitative estimate of drug-likeness (QED) is 0.526. The number of nitrogens with one attached hydrogen (secondary N) is 2. The first-order valence-electron chi connectivity index (χ1n) is 6.42. The average molecular weight is 274 g/mol. The van der Waals surface area contributed by atoms with Gasteiger partial charge in [0.25, 0.3) is 0 Å². The Balaban J connectivity index is 2.17. The van der Waals surface area contributed by atoms with Crippen LogP contribution in [0.4, 0.5) is 4.79 Å². The summed E-state index contributed by atoms with van der Waals surface area (Å²) >= 11 is 0. The van der Waals surface area contributed by atoms with Crippen molar-refractivity contribution in [3.05, 3.63) is 0 Å². The number of carbonyl (C=O) groups is 2. The summed E-state index contributed by atoms with van der Waals surface area (Å²) in [4.78, 5) is 22.0. The van der Waals surface area contributed by atoms with E-state index >= 15 is 0 Å². The lowest BCUT2D eigenvalue weighted by Gasteiger charge is -2.35. The first-order valence-corrected chi connectivity index (χ1v) is 6.42. The Labute approximate surface area is 112 Å². The lowest BCUT2D eigenvalue weighted by molar-refractivity contribution is -0.141. The van der Waals surface area contributed by atoms with Gasteiger partial charge in [0, 0.05) is 19.2 Å². The van der Waals surface area contributed by atoms with Crippen molar-refractivity contribution >= 4 is 12.0 Å². The van der Waals surface area contributed by atoms with E-state index in [1.54, 1.807) is 0 Å². The van der Waals surface area contributed by atoms with Gasteiger partial charge in [-0.25, -0.2) is 4.79 Å². The van der Waals surface area contributed by atoms with Crippen molar-refractivity contribution in [1.29, 1.82) is 0 Å². The van der Waals surface area contributed by atoms with Gasteiger partial charge in [-0.05, 0) is 26.7 Å². The Kier molecular flexibility index (Phi) is 5.56. The van der Waals surface area contributed by atoms with Gasteiger partial charge in [-0.2, -0.15) is 0 Å². The predicted molar refractivity (Wildman–Crippen MR) is 67.8 cm³/mol. The van der Waals surface area contributed by atoms with Crippen LogP contribution < -0.4 is 10.6 Å². The third-order valence-electron chi connectivity index (χ3n) is 2.99. The number of aliphatic carboxylic acids is 1. The van der Waals surface area contributed by atoms with E-state index in [4.69, 9.17) is 9.84 Å². The van der Waals surface area contributed by atoms with Gasteiger partial charge in [-0.1, -0.05) is 0 Å². The van der Waals surface area contributed by atoms with Gasteiger partial charge in [0.2, 0.25) is 0 Å². The Hall–Kier alpha value is -1.34. The molecule has 0 radical (unpaired) electrons. The van der Waals surface area contributed by atoms with Crippen LogP contribution in [-0.4, -0.2) is 53.1 Å². The van der Waals surface area contributed by atoms with E-state index in [0.29, 0.717) is 6.61 Å². The minimum Gasteiger partial charge on any atom is -0.481 e. The Morgan fingerprint density at radius 1 is 1.42 bits per heavy atom. The smallest absolute Gasteiger partial charge is 0.315 e. The summed E-state index contributed by atoms with van der Waals surface area (Å²) in [7, 11) is 0. The molecule has 0 saturated heterocycles. The lowest BCUT2D eigenvalue weighted by Crippen LogP contribution is -2.53. The molecule has 110 valence electrons. The lowest BCUT2D eigenvalue weighted by atomic mass is 9.89. The minimum atomic E-state index is -1.45. The van der Waals surface area contributed by atoms with Crippen molar-refractivity contribution in [3.8, 4) is 0 Å². The molecule has 0 heterocycles. The molecule has 1 saturated carbocycles. The molecule has 0 aromatic rings. The zero-order valence-corrected chi connectivity index (χ0v) is 11.3. The Morgan fingerprint density at radius 2 is 2.05 bits per heavy atom. The largest absolute Gasteiger partial charge is 0.481 e. The third-order valence-corrected chi connectivity index (χ3v) is 2.99. The van der Waals surface area contributed by atoms with E-state index in [1.165, 1.54) is 6.92 Å². The van der Waals surface area contributed by atoms with Crippen molar-refractivity contribution in [1.82, 2.24) is 10.6 Å². The molecule has 7 nitrogen and oxygen atoms in total. The van der Waals surface area contributed by atoms with Gasteiger partial charge in [0.1, 0.15) is 0 Å². The predicted octanol–water partition coefficient (Wildman–Crippen LogP) is 0.0788. The zero-order chi connectivity index (χ0) is 14.5. The van der Waals surface area contributed by atoms with Gasteiger partial charge < -0.3 is 25.6 Å². The van der Waals surface area contributed by atoms with Crippen LogP contribution in [0.25, 0.3) is 0 Å². The molecule has 1 unspecified atom stereocenters. The highest BCUT2D eigenvalue weighted by atomic mass is 16.5.